The number of allylic oxidation sites excluding steroid dienone is 3. The van der Waals surface area contributed by atoms with Crippen molar-refractivity contribution in [1.29, 1.82) is 0 Å². The second-order valence-electron chi connectivity index (χ2n) is 3.17. The van der Waals surface area contributed by atoms with Crippen molar-refractivity contribution < 1.29 is 4.79 Å². The molecule has 0 saturated heterocycles. The number of fused-ring (bicyclic) bond motifs is 1. The van der Waals surface area contributed by atoms with Crippen molar-refractivity contribution in [2.75, 3.05) is 0 Å². The van der Waals surface area contributed by atoms with Gasteiger partial charge in [-0.1, -0.05) is 36.4 Å². The number of carbonyl (C=O) groups is 1. The summed E-state index contributed by atoms with van der Waals surface area (Å²) in [5.41, 5.74) is 2.25. The molecule has 0 aliphatic heterocycles. The number of aromatic nitrogens is 1. The van der Waals surface area contributed by atoms with Crippen LogP contribution in [0.1, 0.15) is 5.56 Å². The fourth-order valence-corrected chi connectivity index (χ4v) is 1.50. The van der Waals surface area contributed by atoms with Gasteiger partial charge >= 0.3 is 0 Å². The van der Waals surface area contributed by atoms with Gasteiger partial charge in [0.1, 0.15) is 6.29 Å². The molecule has 0 aliphatic carbocycles. The SMILES string of the molecule is O=C/C=C/C=C/c1c[nH]c2ccccc12. The van der Waals surface area contributed by atoms with Gasteiger partial charge in [-0.3, -0.25) is 4.79 Å². The van der Waals surface area contributed by atoms with Crippen molar-refractivity contribution >= 4 is 23.3 Å². The Labute approximate surface area is 87.9 Å². The molecule has 2 nitrogen and oxygen atoms in total. The Bertz CT molecular complexity index is 520. The maximum absolute atomic E-state index is 10.1. The zero-order valence-corrected chi connectivity index (χ0v) is 8.18. The van der Waals surface area contributed by atoms with Gasteiger partial charge in [0.05, 0.1) is 0 Å². The summed E-state index contributed by atoms with van der Waals surface area (Å²) >= 11 is 0. The summed E-state index contributed by atoms with van der Waals surface area (Å²) in [4.78, 5) is 13.2. The van der Waals surface area contributed by atoms with Crippen molar-refractivity contribution in [3.05, 3.63) is 54.3 Å². The van der Waals surface area contributed by atoms with E-state index >= 15 is 0 Å². The van der Waals surface area contributed by atoms with Crippen LogP contribution in [0.25, 0.3) is 17.0 Å². The molecule has 15 heavy (non-hydrogen) atoms. The lowest BCUT2D eigenvalue weighted by molar-refractivity contribution is -0.104. The number of benzene rings is 1. The molecule has 0 radical (unpaired) electrons. The monoisotopic (exact) mass is 197 g/mol. The van der Waals surface area contributed by atoms with E-state index in [1.165, 1.54) is 11.5 Å². The minimum atomic E-state index is 0.763. The van der Waals surface area contributed by atoms with E-state index in [0.717, 1.165) is 17.4 Å². The summed E-state index contributed by atoms with van der Waals surface area (Å²) in [7, 11) is 0. The van der Waals surface area contributed by atoms with E-state index in [-0.39, 0.29) is 0 Å². The van der Waals surface area contributed by atoms with Gasteiger partial charge in [-0.25, -0.2) is 0 Å². The molecule has 0 atom stereocenters. The molecule has 74 valence electrons. The summed E-state index contributed by atoms with van der Waals surface area (Å²) < 4.78 is 0. The van der Waals surface area contributed by atoms with Gasteiger partial charge in [0.15, 0.2) is 0 Å². The molecule has 2 heteroatoms. The number of hydrogen-bond donors (Lipinski definition) is 1. The van der Waals surface area contributed by atoms with Crippen LogP contribution in [0.4, 0.5) is 0 Å². The second-order valence-corrected chi connectivity index (χ2v) is 3.17. The van der Waals surface area contributed by atoms with Crippen molar-refractivity contribution in [3.8, 4) is 0 Å². The van der Waals surface area contributed by atoms with Crippen molar-refractivity contribution in [2.24, 2.45) is 0 Å². The molecule has 0 amide bonds. The average Bonchev–Trinajstić information content (AvgIpc) is 2.68. The highest BCUT2D eigenvalue weighted by atomic mass is 16.1. The summed E-state index contributed by atoms with van der Waals surface area (Å²) in [5, 5.41) is 1.19. The smallest absolute Gasteiger partial charge is 0.142 e. The van der Waals surface area contributed by atoms with E-state index in [4.69, 9.17) is 0 Å². The van der Waals surface area contributed by atoms with Crippen LogP contribution in [-0.2, 0) is 4.79 Å². The number of rotatable bonds is 3. The normalized spacial score (nSPS) is 11.7. The second kappa shape index (κ2) is 4.42. The van der Waals surface area contributed by atoms with Gasteiger partial charge in [-0.05, 0) is 17.7 Å². The summed E-state index contributed by atoms with van der Waals surface area (Å²) in [6.45, 7) is 0. The fourth-order valence-electron chi connectivity index (χ4n) is 1.50. The van der Waals surface area contributed by atoms with E-state index in [0.29, 0.717) is 0 Å². The van der Waals surface area contributed by atoms with Gasteiger partial charge in [0.2, 0.25) is 0 Å². The zero-order valence-electron chi connectivity index (χ0n) is 8.18. The van der Waals surface area contributed by atoms with Gasteiger partial charge < -0.3 is 4.98 Å². The van der Waals surface area contributed by atoms with Crippen LogP contribution >= 0.6 is 0 Å². The summed E-state index contributed by atoms with van der Waals surface area (Å²) in [5.74, 6) is 0. The number of carbonyl (C=O) groups excluding carboxylic acids is 1. The third-order valence-corrected chi connectivity index (χ3v) is 2.20. The lowest BCUT2D eigenvalue weighted by Crippen LogP contribution is -1.67. The molecular weight excluding hydrogens is 186 g/mol. The predicted octanol–water partition coefficient (Wildman–Crippen LogP) is 2.94. The van der Waals surface area contributed by atoms with Crippen molar-refractivity contribution in [2.45, 2.75) is 0 Å². The number of nitrogens with one attached hydrogen (secondary N) is 1. The Morgan fingerprint density at radius 2 is 1.93 bits per heavy atom. The number of H-pyrrole nitrogens is 1. The van der Waals surface area contributed by atoms with Gasteiger partial charge in [0, 0.05) is 17.1 Å². The minimum Gasteiger partial charge on any atom is -0.361 e. The molecule has 0 aliphatic rings. The van der Waals surface area contributed by atoms with Gasteiger partial charge in [-0.2, -0.15) is 0 Å². The highest BCUT2D eigenvalue weighted by Gasteiger charge is 1.97. The van der Waals surface area contributed by atoms with E-state index in [9.17, 15) is 4.79 Å². The molecule has 0 fully saturated rings. The lowest BCUT2D eigenvalue weighted by atomic mass is 10.1. The molecule has 0 bridgehead atoms. The van der Waals surface area contributed by atoms with Crippen LogP contribution in [0.2, 0.25) is 0 Å². The fraction of sp³-hybridized carbons (Fsp3) is 0. The molecule has 1 aromatic heterocycles. The number of aromatic amines is 1. The maximum atomic E-state index is 10.1. The van der Waals surface area contributed by atoms with Crippen LogP contribution in [0, 0.1) is 0 Å². The Hall–Kier alpha value is -2.09. The molecular formula is C13H11NO. The first-order valence-electron chi connectivity index (χ1n) is 4.76. The molecule has 2 aromatic rings. The lowest BCUT2D eigenvalue weighted by Gasteiger charge is -1.89. The maximum Gasteiger partial charge on any atom is 0.142 e. The molecule has 0 spiro atoms. The standard InChI is InChI=1S/C13H11NO/c15-9-5-1-2-6-11-10-14-13-8-4-3-7-12(11)13/h1-10,14H/b5-1+,6-2+. The average molecular weight is 197 g/mol. The summed E-state index contributed by atoms with van der Waals surface area (Å²) in [6.07, 6.45) is 9.72. The molecule has 0 unspecified atom stereocenters. The molecule has 1 N–H and O–H groups in total. The molecule has 0 saturated carbocycles. The quantitative estimate of drug-likeness (QED) is 0.458. The number of para-hydroxylation sites is 1. The largest absolute Gasteiger partial charge is 0.361 e. The highest BCUT2D eigenvalue weighted by Crippen LogP contribution is 2.18. The van der Waals surface area contributed by atoms with Crippen LogP contribution in [0.5, 0.6) is 0 Å². The Kier molecular flexibility index (Phi) is 2.79. The van der Waals surface area contributed by atoms with E-state index < -0.39 is 0 Å². The Morgan fingerprint density at radius 1 is 1.07 bits per heavy atom. The van der Waals surface area contributed by atoms with Crippen molar-refractivity contribution in [1.82, 2.24) is 4.98 Å². The van der Waals surface area contributed by atoms with Crippen LogP contribution in [0.15, 0.2) is 48.7 Å². The molecule has 1 aromatic carbocycles. The van der Waals surface area contributed by atoms with Crippen molar-refractivity contribution in [3.63, 3.8) is 0 Å². The van der Waals surface area contributed by atoms with Crippen LogP contribution in [0.3, 0.4) is 0 Å². The first kappa shape index (κ1) is 9.46. The highest BCUT2D eigenvalue weighted by molar-refractivity contribution is 5.88. The van der Waals surface area contributed by atoms with E-state index in [2.05, 4.69) is 11.1 Å². The van der Waals surface area contributed by atoms with Crippen LogP contribution < -0.4 is 0 Å². The summed E-state index contributed by atoms with van der Waals surface area (Å²) in [6, 6.07) is 8.11. The Morgan fingerprint density at radius 3 is 2.80 bits per heavy atom. The molecule has 2 rings (SSSR count). The third-order valence-electron chi connectivity index (χ3n) is 2.20. The zero-order chi connectivity index (χ0) is 10.5. The Balaban J connectivity index is 2.32. The van der Waals surface area contributed by atoms with E-state index in [1.807, 2.05) is 36.5 Å². The van der Waals surface area contributed by atoms with Crippen LogP contribution in [-0.4, -0.2) is 11.3 Å². The number of aldehydes is 1. The first-order chi connectivity index (χ1) is 7.42. The first-order valence-corrected chi connectivity index (χ1v) is 4.76. The molecule has 1 heterocycles. The van der Waals surface area contributed by atoms with Gasteiger partial charge in [0.25, 0.3) is 0 Å². The number of hydrogen-bond acceptors (Lipinski definition) is 1. The third kappa shape index (κ3) is 2.05. The topological polar surface area (TPSA) is 32.9 Å². The van der Waals surface area contributed by atoms with Gasteiger partial charge in [-0.15, -0.1) is 0 Å². The predicted molar refractivity (Wildman–Crippen MR) is 62.5 cm³/mol. The van der Waals surface area contributed by atoms with E-state index in [1.54, 1.807) is 6.08 Å². The minimum absolute atomic E-state index is 0.763.